The fraction of sp³-hybridized carbons (Fsp3) is 0.520. The van der Waals surface area contributed by atoms with Crippen LogP contribution in [0.5, 0.6) is 11.5 Å². The van der Waals surface area contributed by atoms with Crippen LogP contribution in [-0.2, 0) is 11.8 Å². The number of phenols is 1. The molecule has 2 fully saturated rings. The third kappa shape index (κ3) is 2.68. The summed E-state index contributed by atoms with van der Waals surface area (Å²) in [7, 11) is 3.97. The van der Waals surface area contributed by atoms with Crippen LogP contribution in [0.4, 0.5) is 11.4 Å². The number of rotatable bonds is 3. The SMILES string of the molecule is COc1ccc(Nc2cc3c(cc2O)[C@]24CCCC[C@]2(C)[C@H](C3)N(C)CC4)cc1. The molecule has 0 unspecified atom stereocenters. The molecule has 4 nitrogen and oxygen atoms in total. The minimum atomic E-state index is 0.214. The Morgan fingerprint density at radius 2 is 1.86 bits per heavy atom. The van der Waals surface area contributed by atoms with E-state index in [0.29, 0.717) is 17.2 Å². The summed E-state index contributed by atoms with van der Waals surface area (Å²) in [5.74, 6) is 1.19. The van der Waals surface area contributed by atoms with E-state index in [0.717, 1.165) is 30.1 Å². The molecule has 3 aliphatic rings. The molecule has 1 heterocycles. The highest BCUT2D eigenvalue weighted by molar-refractivity contribution is 5.69. The fourth-order valence-corrected chi connectivity index (χ4v) is 6.69. The van der Waals surface area contributed by atoms with E-state index in [9.17, 15) is 5.11 Å². The van der Waals surface area contributed by atoms with Gasteiger partial charge in [0.2, 0.25) is 0 Å². The summed E-state index contributed by atoms with van der Waals surface area (Å²) in [6.45, 7) is 3.68. The third-order valence-corrected chi connectivity index (χ3v) is 8.32. The zero-order valence-corrected chi connectivity index (χ0v) is 17.8. The quantitative estimate of drug-likeness (QED) is 0.703. The van der Waals surface area contributed by atoms with E-state index in [1.165, 1.54) is 43.2 Å². The molecular weight excluding hydrogens is 360 g/mol. The molecule has 2 aliphatic carbocycles. The number of fused-ring (bicyclic) bond motifs is 1. The van der Waals surface area contributed by atoms with E-state index in [2.05, 4.69) is 36.3 Å². The average Bonchev–Trinajstić information content (AvgIpc) is 2.72. The van der Waals surface area contributed by atoms with Crippen LogP contribution in [-0.4, -0.2) is 36.8 Å². The molecule has 154 valence electrons. The van der Waals surface area contributed by atoms with Crippen LogP contribution in [0.3, 0.4) is 0 Å². The predicted molar refractivity (Wildman–Crippen MR) is 117 cm³/mol. The topological polar surface area (TPSA) is 44.7 Å². The summed E-state index contributed by atoms with van der Waals surface area (Å²) in [6, 6.07) is 12.7. The maximum absolute atomic E-state index is 11.0. The number of likely N-dealkylation sites (N-methyl/N-ethyl adjacent to an activating group) is 1. The van der Waals surface area contributed by atoms with E-state index >= 15 is 0 Å². The number of aromatic hydroxyl groups is 1. The lowest BCUT2D eigenvalue weighted by Gasteiger charge is -2.65. The number of methoxy groups -OCH3 is 1. The van der Waals surface area contributed by atoms with Gasteiger partial charge in [-0.05, 0) is 92.2 Å². The summed E-state index contributed by atoms with van der Waals surface area (Å²) in [5.41, 5.74) is 5.10. The first-order valence-corrected chi connectivity index (χ1v) is 10.9. The maximum Gasteiger partial charge on any atom is 0.139 e. The van der Waals surface area contributed by atoms with Crippen LogP contribution in [0.25, 0.3) is 0 Å². The van der Waals surface area contributed by atoms with Crippen molar-refractivity contribution >= 4 is 11.4 Å². The van der Waals surface area contributed by atoms with Gasteiger partial charge in [-0.1, -0.05) is 19.8 Å². The zero-order chi connectivity index (χ0) is 20.2. The van der Waals surface area contributed by atoms with Gasteiger partial charge in [0.25, 0.3) is 0 Å². The van der Waals surface area contributed by atoms with Crippen molar-refractivity contribution in [1.29, 1.82) is 0 Å². The molecule has 3 atom stereocenters. The monoisotopic (exact) mass is 392 g/mol. The molecule has 1 saturated heterocycles. The summed E-state index contributed by atoms with van der Waals surface area (Å²) in [5, 5.41) is 14.4. The molecular formula is C25H32N2O2. The van der Waals surface area contributed by atoms with Gasteiger partial charge in [0.05, 0.1) is 12.8 Å². The molecule has 29 heavy (non-hydrogen) atoms. The summed E-state index contributed by atoms with van der Waals surface area (Å²) in [6.07, 6.45) is 7.47. The lowest BCUT2D eigenvalue weighted by Crippen LogP contribution is -2.66. The van der Waals surface area contributed by atoms with Gasteiger partial charge in [-0.25, -0.2) is 0 Å². The first-order chi connectivity index (χ1) is 14.0. The number of nitrogens with one attached hydrogen (secondary N) is 1. The highest BCUT2D eigenvalue weighted by Crippen LogP contribution is 2.63. The molecule has 1 saturated carbocycles. The average molecular weight is 393 g/mol. The molecule has 4 heteroatoms. The Morgan fingerprint density at radius 3 is 2.62 bits per heavy atom. The standard InChI is InChI=1S/C25H32N2O2/c1-24-10-4-5-11-25(24)12-13-27(2)23(24)15-17-14-21(22(28)16-20(17)25)26-18-6-8-19(29-3)9-7-18/h6-9,14,16,23,26,28H,4-5,10-13,15H2,1-3H3/t23-,24+,25+/m0/s1. The maximum atomic E-state index is 11.0. The summed E-state index contributed by atoms with van der Waals surface area (Å²) < 4.78 is 5.25. The van der Waals surface area contributed by atoms with Gasteiger partial charge in [0.15, 0.2) is 0 Å². The highest BCUT2D eigenvalue weighted by atomic mass is 16.5. The minimum absolute atomic E-state index is 0.214. The van der Waals surface area contributed by atoms with E-state index in [-0.39, 0.29) is 5.41 Å². The van der Waals surface area contributed by atoms with E-state index < -0.39 is 0 Å². The van der Waals surface area contributed by atoms with E-state index in [1.807, 2.05) is 24.3 Å². The minimum Gasteiger partial charge on any atom is -0.506 e. The molecule has 0 aromatic heterocycles. The number of phenolic OH excluding ortho intramolecular Hbond substituents is 1. The number of hydrogen-bond donors (Lipinski definition) is 2. The second kappa shape index (κ2) is 6.66. The Hall–Kier alpha value is -2.20. The van der Waals surface area contributed by atoms with Crippen molar-refractivity contribution in [1.82, 2.24) is 4.90 Å². The number of hydrogen-bond acceptors (Lipinski definition) is 4. The largest absolute Gasteiger partial charge is 0.506 e. The Balaban J connectivity index is 1.56. The molecule has 0 radical (unpaired) electrons. The van der Waals surface area contributed by atoms with Crippen LogP contribution in [0, 0.1) is 5.41 Å². The van der Waals surface area contributed by atoms with Crippen molar-refractivity contribution in [3.05, 3.63) is 47.5 Å². The Morgan fingerprint density at radius 1 is 1.10 bits per heavy atom. The van der Waals surface area contributed by atoms with Gasteiger partial charge in [0.1, 0.15) is 11.5 Å². The molecule has 2 aromatic rings. The van der Waals surface area contributed by atoms with E-state index in [1.54, 1.807) is 7.11 Å². The summed E-state index contributed by atoms with van der Waals surface area (Å²) in [4.78, 5) is 2.59. The second-order valence-corrected chi connectivity index (χ2v) is 9.54. The van der Waals surface area contributed by atoms with Crippen molar-refractivity contribution in [3.63, 3.8) is 0 Å². The smallest absolute Gasteiger partial charge is 0.139 e. The summed E-state index contributed by atoms with van der Waals surface area (Å²) >= 11 is 0. The van der Waals surface area contributed by atoms with E-state index in [4.69, 9.17) is 4.74 Å². The van der Waals surface area contributed by atoms with Gasteiger partial charge >= 0.3 is 0 Å². The van der Waals surface area contributed by atoms with Crippen LogP contribution < -0.4 is 10.1 Å². The molecule has 1 aliphatic heterocycles. The first-order valence-electron chi connectivity index (χ1n) is 10.9. The van der Waals surface area contributed by atoms with Gasteiger partial charge < -0.3 is 20.1 Å². The number of anilines is 2. The number of nitrogens with zero attached hydrogens (tertiary/aromatic N) is 1. The molecule has 2 bridgehead atoms. The Labute approximate surface area is 173 Å². The van der Waals surface area contributed by atoms with Crippen molar-refractivity contribution in [2.24, 2.45) is 5.41 Å². The fourth-order valence-electron chi connectivity index (χ4n) is 6.69. The Bertz CT molecular complexity index is 925. The van der Waals surface area contributed by atoms with Crippen molar-refractivity contribution in [2.75, 3.05) is 26.0 Å². The van der Waals surface area contributed by atoms with Gasteiger partial charge in [-0.15, -0.1) is 0 Å². The zero-order valence-electron chi connectivity index (χ0n) is 17.8. The number of ether oxygens (including phenoxy) is 1. The lowest BCUT2D eigenvalue weighted by atomic mass is 9.45. The third-order valence-electron chi connectivity index (χ3n) is 8.32. The van der Waals surface area contributed by atoms with Crippen LogP contribution in [0.1, 0.15) is 50.2 Å². The first kappa shape index (κ1) is 18.8. The number of benzene rings is 2. The molecule has 0 spiro atoms. The highest BCUT2D eigenvalue weighted by Gasteiger charge is 2.60. The van der Waals surface area contributed by atoms with Crippen molar-refractivity contribution < 1.29 is 9.84 Å². The van der Waals surface area contributed by atoms with Gasteiger partial charge in [-0.3, -0.25) is 0 Å². The normalized spacial score (nSPS) is 30.9. The molecule has 0 amide bonds. The molecule has 2 aromatic carbocycles. The van der Waals surface area contributed by atoms with Crippen LogP contribution in [0.2, 0.25) is 0 Å². The van der Waals surface area contributed by atoms with Crippen molar-refractivity contribution in [2.45, 2.75) is 56.9 Å². The molecule has 5 rings (SSSR count). The van der Waals surface area contributed by atoms with Gasteiger partial charge in [0, 0.05) is 17.1 Å². The van der Waals surface area contributed by atoms with Crippen molar-refractivity contribution in [3.8, 4) is 11.5 Å². The van der Waals surface area contributed by atoms with Crippen LogP contribution >= 0.6 is 0 Å². The van der Waals surface area contributed by atoms with Crippen LogP contribution in [0.15, 0.2) is 36.4 Å². The lowest BCUT2D eigenvalue weighted by molar-refractivity contribution is -0.0735. The molecule has 2 N–H and O–H groups in total. The predicted octanol–water partition coefficient (Wildman–Crippen LogP) is 5.22. The van der Waals surface area contributed by atoms with Gasteiger partial charge in [-0.2, -0.15) is 0 Å². The number of piperidine rings is 1. The Kier molecular flexibility index (Phi) is 4.32. The second-order valence-electron chi connectivity index (χ2n) is 9.54. The number of likely N-dealkylation sites (tertiary alicyclic amines) is 1.